The van der Waals surface area contributed by atoms with Gasteiger partial charge in [0.25, 0.3) is 0 Å². The second-order valence-corrected chi connectivity index (χ2v) is 11.3. The van der Waals surface area contributed by atoms with Gasteiger partial charge in [0.2, 0.25) is 5.91 Å². The Hall–Kier alpha value is -3.01. The van der Waals surface area contributed by atoms with Gasteiger partial charge >= 0.3 is 0 Å². The van der Waals surface area contributed by atoms with Crippen LogP contribution in [0.15, 0.2) is 53.5 Å². The lowest BCUT2D eigenvalue weighted by molar-refractivity contribution is -0.120. The lowest BCUT2D eigenvalue weighted by atomic mass is 10.0. The predicted octanol–water partition coefficient (Wildman–Crippen LogP) is 2.68. The van der Waals surface area contributed by atoms with E-state index < -0.39 is 0 Å². The van der Waals surface area contributed by atoms with Crippen molar-refractivity contribution < 1.29 is 9.53 Å². The smallest absolute Gasteiger partial charge is 0.224 e. The highest BCUT2D eigenvalue weighted by molar-refractivity contribution is 6.30. The number of halogens is 1. The molecule has 40 heavy (non-hydrogen) atoms. The van der Waals surface area contributed by atoms with Crippen molar-refractivity contribution in [2.75, 3.05) is 59.0 Å². The SMILES string of the molecule is O=C(Cc1cn2c(CCN3CCNCC3)cc3cc(CN4CCOCC4)cc(c1=O)c32)NCc1ccc(Cl)cc1. The number of carbonyl (C=O) groups excluding carboxylic acids is 1. The molecule has 0 atom stereocenters. The first kappa shape index (κ1) is 27.2. The fourth-order valence-corrected chi connectivity index (χ4v) is 6.00. The molecule has 2 aliphatic rings. The van der Waals surface area contributed by atoms with Crippen LogP contribution in [0.2, 0.25) is 5.02 Å². The minimum absolute atomic E-state index is 0.0382. The number of nitrogens with zero attached hydrogens (tertiary/aromatic N) is 3. The zero-order chi connectivity index (χ0) is 27.5. The van der Waals surface area contributed by atoms with Crippen LogP contribution >= 0.6 is 11.6 Å². The molecule has 210 valence electrons. The van der Waals surface area contributed by atoms with Crippen molar-refractivity contribution in [2.45, 2.75) is 25.9 Å². The molecule has 9 heteroatoms. The van der Waals surface area contributed by atoms with Gasteiger partial charge in [-0.15, -0.1) is 0 Å². The monoisotopic (exact) mass is 561 g/mol. The quantitative estimate of drug-likeness (QED) is 0.327. The van der Waals surface area contributed by atoms with Crippen molar-refractivity contribution >= 4 is 33.8 Å². The van der Waals surface area contributed by atoms with Gasteiger partial charge in [-0.25, -0.2) is 0 Å². The van der Waals surface area contributed by atoms with Gasteiger partial charge in [-0.05, 0) is 41.5 Å². The zero-order valence-corrected chi connectivity index (χ0v) is 23.5. The number of carbonyl (C=O) groups is 1. The van der Waals surface area contributed by atoms with E-state index in [1.54, 1.807) is 12.1 Å². The number of aromatic nitrogens is 1. The molecular formula is C31H36ClN5O3. The van der Waals surface area contributed by atoms with Crippen LogP contribution in [0.5, 0.6) is 0 Å². The Morgan fingerprint density at radius 1 is 0.975 bits per heavy atom. The summed E-state index contributed by atoms with van der Waals surface area (Å²) in [4.78, 5) is 31.6. The molecule has 0 radical (unpaired) electrons. The number of hydrogen-bond acceptors (Lipinski definition) is 6. The molecular weight excluding hydrogens is 526 g/mol. The van der Waals surface area contributed by atoms with Crippen LogP contribution in [-0.2, 0) is 35.5 Å². The van der Waals surface area contributed by atoms with Crippen LogP contribution in [0.25, 0.3) is 16.3 Å². The summed E-state index contributed by atoms with van der Waals surface area (Å²) < 4.78 is 7.68. The molecule has 2 aromatic heterocycles. The van der Waals surface area contributed by atoms with E-state index in [0.717, 1.165) is 94.0 Å². The van der Waals surface area contributed by atoms with Crippen molar-refractivity contribution in [3.05, 3.63) is 86.3 Å². The van der Waals surface area contributed by atoms with E-state index in [0.29, 0.717) is 22.5 Å². The van der Waals surface area contributed by atoms with Crippen molar-refractivity contribution in [3.8, 4) is 0 Å². The van der Waals surface area contributed by atoms with E-state index in [2.05, 4.69) is 37.0 Å². The first-order valence-electron chi connectivity index (χ1n) is 14.2. The van der Waals surface area contributed by atoms with Crippen LogP contribution in [0.4, 0.5) is 0 Å². The highest BCUT2D eigenvalue weighted by Crippen LogP contribution is 2.27. The summed E-state index contributed by atoms with van der Waals surface area (Å²) in [6.45, 7) is 9.50. The van der Waals surface area contributed by atoms with E-state index in [1.165, 1.54) is 5.69 Å². The summed E-state index contributed by atoms with van der Waals surface area (Å²) in [6, 6.07) is 13.9. The van der Waals surface area contributed by atoms with Crippen molar-refractivity contribution in [3.63, 3.8) is 0 Å². The van der Waals surface area contributed by atoms with Crippen LogP contribution in [0.1, 0.15) is 22.4 Å². The fraction of sp³-hybridized carbons (Fsp3) is 0.419. The Bertz CT molecular complexity index is 1520. The third-order valence-electron chi connectivity index (χ3n) is 8.05. The summed E-state index contributed by atoms with van der Waals surface area (Å²) >= 11 is 5.98. The molecule has 4 heterocycles. The first-order chi connectivity index (χ1) is 19.5. The number of ether oxygens (including phenoxy) is 1. The average Bonchev–Trinajstić information content (AvgIpc) is 3.32. The highest BCUT2D eigenvalue weighted by atomic mass is 35.5. The molecule has 2 aromatic carbocycles. The number of rotatable bonds is 9. The van der Waals surface area contributed by atoms with Gasteiger partial charge in [0, 0.05) is 98.6 Å². The minimum atomic E-state index is -0.173. The molecule has 2 N–H and O–H groups in total. The lowest BCUT2D eigenvalue weighted by Crippen LogP contribution is -2.44. The molecule has 4 aromatic rings. The highest BCUT2D eigenvalue weighted by Gasteiger charge is 2.20. The summed E-state index contributed by atoms with van der Waals surface area (Å²) in [5.74, 6) is -0.173. The van der Waals surface area contributed by atoms with Crippen LogP contribution in [0.3, 0.4) is 0 Å². The lowest BCUT2D eigenvalue weighted by Gasteiger charge is -2.27. The normalized spacial score (nSPS) is 17.1. The molecule has 0 aliphatic carbocycles. The molecule has 0 bridgehead atoms. The standard InChI is InChI=1S/C31H36ClN5O3/c32-26-3-1-22(2-4-26)19-34-29(38)18-25-21-37-27(5-8-35-9-6-33-7-10-35)17-24-15-23(16-28(30(24)37)31(25)39)20-36-11-13-40-14-12-36/h1-4,15-17,21,33H,5-14,18-20H2,(H,34,38). The molecule has 2 saturated heterocycles. The van der Waals surface area contributed by atoms with Crippen LogP contribution in [0, 0.1) is 0 Å². The Kier molecular flexibility index (Phi) is 8.32. The Morgan fingerprint density at radius 2 is 1.75 bits per heavy atom. The number of piperazine rings is 1. The summed E-state index contributed by atoms with van der Waals surface area (Å²) in [7, 11) is 0. The molecule has 0 unspecified atom stereocenters. The predicted molar refractivity (Wildman–Crippen MR) is 158 cm³/mol. The average molecular weight is 562 g/mol. The molecule has 2 fully saturated rings. The van der Waals surface area contributed by atoms with Gasteiger partial charge in [0.05, 0.1) is 25.2 Å². The Labute approximate surface area is 239 Å². The van der Waals surface area contributed by atoms with Crippen molar-refractivity contribution in [1.82, 2.24) is 24.8 Å². The number of hydrogen-bond donors (Lipinski definition) is 2. The van der Waals surface area contributed by atoms with E-state index in [9.17, 15) is 9.59 Å². The van der Waals surface area contributed by atoms with Crippen molar-refractivity contribution in [2.24, 2.45) is 0 Å². The van der Waals surface area contributed by atoms with Crippen LogP contribution in [-0.4, -0.2) is 79.1 Å². The summed E-state index contributed by atoms with van der Waals surface area (Å²) in [5, 5.41) is 8.82. The van der Waals surface area contributed by atoms with Gasteiger partial charge in [-0.2, -0.15) is 0 Å². The van der Waals surface area contributed by atoms with E-state index in [-0.39, 0.29) is 17.8 Å². The minimum Gasteiger partial charge on any atom is -0.379 e. The summed E-state index contributed by atoms with van der Waals surface area (Å²) in [6.07, 6.45) is 2.82. The maximum Gasteiger partial charge on any atom is 0.224 e. The van der Waals surface area contributed by atoms with Gasteiger partial charge in [-0.1, -0.05) is 23.7 Å². The van der Waals surface area contributed by atoms with Crippen LogP contribution < -0.4 is 16.1 Å². The topological polar surface area (TPSA) is 78.3 Å². The number of pyridine rings is 1. The molecule has 0 spiro atoms. The zero-order valence-electron chi connectivity index (χ0n) is 22.8. The van der Waals surface area contributed by atoms with Gasteiger partial charge in [0.15, 0.2) is 5.43 Å². The third kappa shape index (κ3) is 6.16. The maximum atomic E-state index is 13.8. The molecule has 8 nitrogen and oxygen atoms in total. The summed E-state index contributed by atoms with van der Waals surface area (Å²) in [5.41, 5.74) is 4.67. The molecule has 6 rings (SSSR count). The molecule has 0 saturated carbocycles. The van der Waals surface area contributed by atoms with E-state index in [1.807, 2.05) is 24.4 Å². The fourth-order valence-electron chi connectivity index (χ4n) is 5.87. The number of amides is 1. The second-order valence-electron chi connectivity index (χ2n) is 10.9. The Morgan fingerprint density at radius 3 is 2.52 bits per heavy atom. The van der Waals surface area contributed by atoms with Gasteiger partial charge < -0.3 is 24.7 Å². The number of morpholine rings is 1. The first-order valence-corrected chi connectivity index (χ1v) is 14.6. The molecule has 1 amide bonds. The third-order valence-corrected chi connectivity index (χ3v) is 8.30. The largest absolute Gasteiger partial charge is 0.379 e. The Balaban J connectivity index is 1.30. The number of benzene rings is 2. The van der Waals surface area contributed by atoms with Gasteiger partial charge in [-0.3, -0.25) is 14.5 Å². The van der Waals surface area contributed by atoms with Gasteiger partial charge in [0.1, 0.15) is 0 Å². The maximum absolute atomic E-state index is 13.8. The second kappa shape index (κ2) is 12.2. The number of nitrogens with one attached hydrogen (secondary N) is 2. The van der Waals surface area contributed by atoms with Crippen molar-refractivity contribution in [1.29, 1.82) is 0 Å². The van der Waals surface area contributed by atoms with E-state index in [4.69, 9.17) is 16.3 Å². The van der Waals surface area contributed by atoms with E-state index >= 15 is 0 Å². The molecule has 2 aliphatic heterocycles.